The molecule has 0 aromatic heterocycles. The van der Waals surface area contributed by atoms with E-state index >= 15 is 0 Å². The topological polar surface area (TPSA) is 32.8 Å². The minimum atomic E-state index is -0.0628. The number of carbonyl (C=O) groups is 1. The number of carbonyl (C=O) groups excluding carboxylic acids is 1. The second-order valence-corrected chi connectivity index (χ2v) is 5.94. The standard InChI is InChI=1S/C17H15ClN2O2S/c1-22-15-8-7-13(9-14(15)18)20-16(21)11-19(17(20)23)10-12-5-3-2-4-6-12/h2-9H,10-11H2,1H3. The predicted octanol–water partition coefficient (Wildman–Crippen LogP) is 3.48. The van der Waals surface area contributed by atoms with Crippen molar-refractivity contribution in [2.45, 2.75) is 6.54 Å². The van der Waals surface area contributed by atoms with E-state index in [9.17, 15) is 4.79 Å². The molecule has 0 unspecified atom stereocenters. The number of benzene rings is 2. The number of anilines is 1. The van der Waals surface area contributed by atoms with Crippen molar-refractivity contribution in [2.24, 2.45) is 0 Å². The molecule has 0 spiro atoms. The largest absolute Gasteiger partial charge is 0.495 e. The van der Waals surface area contributed by atoms with Crippen molar-refractivity contribution < 1.29 is 9.53 Å². The Kier molecular flexibility index (Phi) is 4.50. The Morgan fingerprint density at radius 3 is 2.61 bits per heavy atom. The molecule has 118 valence electrons. The number of methoxy groups -OCH3 is 1. The van der Waals surface area contributed by atoms with Crippen LogP contribution in [0.4, 0.5) is 5.69 Å². The first-order valence-corrected chi connectivity index (χ1v) is 7.88. The molecule has 2 aromatic carbocycles. The SMILES string of the molecule is COc1ccc(N2C(=O)CN(Cc3ccccc3)C2=S)cc1Cl. The van der Waals surface area contributed by atoms with Crippen LogP contribution in [0.5, 0.6) is 5.75 Å². The lowest BCUT2D eigenvalue weighted by molar-refractivity contribution is -0.116. The zero-order valence-electron chi connectivity index (χ0n) is 12.5. The van der Waals surface area contributed by atoms with Gasteiger partial charge in [0.25, 0.3) is 5.91 Å². The molecule has 1 amide bonds. The summed E-state index contributed by atoms with van der Waals surface area (Å²) in [4.78, 5) is 15.8. The number of ether oxygens (including phenoxy) is 1. The summed E-state index contributed by atoms with van der Waals surface area (Å²) in [6.07, 6.45) is 0. The van der Waals surface area contributed by atoms with E-state index in [1.54, 1.807) is 25.3 Å². The Morgan fingerprint density at radius 1 is 1.22 bits per heavy atom. The number of hydrogen-bond acceptors (Lipinski definition) is 3. The molecule has 1 aliphatic rings. The number of thiocarbonyl (C=S) groups is 1. The molecule has 4 nitrogen and oxygen atoms in total. The monoisotopic (exact) mass is 346 g/mol. The van der Waals surface area contributed by atoms with Crippen LogP contribution in [-0.4, -0.2) is 29.6 Å². The maximum atomic E-state index is 12.4. The highest BCUT2D eigenvalue weighted by molar-refractivity contribution is 7.80. The van der Waals surface area contributed by atoms with Crippen molar-refractivity contribution in [3.8, 4) is 5.75 Å². The highest BCUT2D eigenvalue weighted by Gasteiger charge is 2.34. The van der Waals surface area contributed by atoms with Crippen molar-refractivity contribution in [3.63, 3.8) is 0 Å². The van der Waals surface area contributed by atoms with Crippen LogP contribution in [0.15, 0.2) is 48.5 Å². The zero-order valence-corrected chi connectivity index (χ0v) is 14.1. The zero-order chi connectivity index (χ0) is 16.4. The van der Waals surface area contributed by atoms with E-state index in [1.165, 1.54) is 4.90 Å². The molecule has 1 saturated heterocycles. The summed E-state index contributed by atoms with van der Waals surface area (Å²) in [6, 6.07) is 15.1. The molecule has 0 atom stereocenters. The van der Waals surface area contributed by atoms with E-state index in [0.29, 0.717) is 28.1 Å². The summed E-state index contributed by atoms with van der Waals surface area (Å²) >= 11 is 11.6. The summed E-state index contributed by atoms with van der Waals surface area (Å²) < 4.78 is 5.14. The number of rotatable bonds is 4. The summed E-state index contributed by atoms with van der Waals surface area (Å²) in [7, 11) is 1.55. The van der Waals surface area contributed by atoms with Crippen LogP contribution < -0.4 is 9.64 Å². The van der Waals surface area contributed by atoms with Crippen LogP contribution in [0.3, 0.4) is 0 Å². The maximum absolute atomic E-state index is 12.4. The van der Waals surface area contributed by atoms with Gasteiger partial charge < -0.3 is 9.64 Å². The summed E-state index contributed by atoms with van der Waals surface area (Å²) in [5, 5.41) is 0.933. The Labute approximate surface area is 145 Å². The van der Waals surface area contributed by atoms with Crippen molar-refractivity contribution in [3.05, 3.63) is 59.1 Å². The third-order valence-corrected chi connectivity index (χ3v) is 4.38. The van der Waals surface area contributed by atoms with Crippen LogP contribution in [0.1, 0.15) is 5.56 Å². The molecular weight excluding hydrogens is 332 g/mol. The van der Waals surface area contributed by atoms with Crippen LogP contribution >= 0.6 is 23.8 Å². The van der Waals surface area contributed by atoms with E-state index in [0.717, 1.165) is 5.56 Å². The van der Waals surface area contributed by atoms with E-state index in [-0.39, 0.29) is 12.5 Å². The summed E-state index contributed by atoms with van der Waals surface area (Å²) in [5.41, 5.74) is 1.76. The van der Waals surface area contributed by atoms with Crippen molar-refractivity contribution in [1.29, 1.82) is 0 Å². The van der Waals surface area contributed by atoms with Gasteiger partial charge in [-0.2, -0.15) is 0 Å². The molecule has 0 aliphatic carbocycles. The van der Waals surface area contributed by atoms with E-state index in [1.807, 2.05) is 35.2 Å². The van der Waals surface area contributed by atoms with Gasteiger partial charge in [-0.05, 0) is 36.0 Å². The predicted molar refractivity (Wildman–Crippen MR) is 94.9 cm³/mol. The fraction of sp³-hybridized carbons (Fsp3) is 0.176. The van der Waals surface area contributed by atoms with Gasteiger partial charge in [0, 0.05) is 6.54 Å². The lowest BCUT2D eigenvalue weighted by Crippen LogP contribution is -2.32. The molecule has 1 fully saturated rings. The third-order valence-electron chi connectivity index (χ3n) is 3.65. The highest BCUT2D eigenvalue weighted by Crippen LogP contribution is 2.31. The molecule has 6 heteroatoms. The average molecular weight is 347 g/mol. The number of amides is 1. The summed E-state index contributed by atoms with van der Waals surface area (Å²) in [6.45, 7) is 0.864. The van der Waals surface area contributed by atoms with Gasteiger partial charge in [-0.25, -0.2) is 0 Å². The normalized spacial score (nSPS) is 14.5. The van der Waals surface area contributed by atoms with Crippen LogP contribution in [0, 0.1) is 0 Å². The van der Waals surface area contributed by atoms with Gasteiger partial charge in [-0.1, -0.05) is 41.9 Å². The lowest BCUT2D eigenvalue weighted by Gasteiger charge is -2.20. The number of hydrogen-bond donors (Lipinski definition) is 0. The second-order valence-electron chi connectivity index (χ2n) is 5.17. The average Bonchev–Trinajstić information content (AvgIpc) is 2.82. The van der Waals surface area contributed by atoms with E-state index in [4.69, 9.17) is 28.6 Å². The van der Waals surface area contributed by atoms with Crippen molar-refractivity contribution >= 4 is 40.5 Å². The van der Waals surface area contributed by atoms with Crippen LogP contribution in [0.2, 0.25) is 5.02 Å². The Morgan fingerprint density at radius 2 is 1.96 bits per heavy atom. The number of nitrogens with zero attached hydrogens (tertiary/aromatic N) is 2. The van der Waals surface area contributed by atoms with Gasteiger partial charge in [0.2, 0.25) is 0 Å². The maximum Gasteiger partial charge on any atom is 0.252 e. The molecule has 1 heterocycles. The van der Waals surface area contributed by atoms with E-state index < -0.39 is 0 Å². The molecule has 1 aliphatic heterocycles. The smallest absolute Gasteiger partial charge is 0.252 e. The highest BCUT2D eigenvalue weighted by atomic mass is 35.5. The molecule has 0 saturated carbocycles. The minimum Gasteiger partial charge on any atom is -0.495 e. The van der Waals surface area contributed by atoms with Gasteiger partial charge in [0.05, 0.1) is 17.8 Å². The molecule has 3 rings (SSSR count). The number of halogens is 1. The molecule has 2 aromatic rings. The summed E-state index contributed by atoms with van der Waals surface area (Å²) in [5.74, 6) is 0.501. The second kappa shape index (κ2) is 6.56. The van der Waals surface area contributed by atoms with Gasteiger partial charge in [0.1, 0.15) is 12.3 Å². The Bertz CT molecular complexity index is 752. The Hall–Kier alpha value is -2.11. The Balaban J connectivity index is 1.83. The minimum absolute atomic E-state index is 0.0628. The third kappa shape index (κ3) is 3.16. The van der Waals surface area contributed by atoms with Gasteiger partial charge in [-0.3, -0.25) is 9.69 Å². The van der Waals surface area contributed by atoms with E-state index in [2.05, 4.69) is 0 Å². The molecule has 0 radical (unpaired) electrons. The quantitative estimate of drug-likeness (QED) is 0.793. The van der Waals surface area contributed by atoms with Gasteiger partial charge in [0.15, 0.2) is 5.11 Å². The fourth-order valence-corrected chi connectivity index (χ4v) is 3.11. The molecule has 23 heavy (non-hydrogen) atoms. The molecule has 0 N–H and O–H groups in total. The van der Waals surface area contributed by atoms with Gasteiger partial charge in [-0.15, -0.1) is 0 Å². The molecular formula is C17H15ClN2O2S. The van der Waals surface area contributed by atoms with Crippen LogP contribution in [-0.2, 0) is 11.3 Å². The first-order chi connectivity index (χ1) is 11.1. The van der Waals surface area contributed by atoms with Crippen molar-refractivity contribution in [1.82, 2.24) is 4.90 Å². The molecule has 0 bridgehead atoms. The van der Waals surface area contributed by atoms with Gasteiger partial charge >= 0.3 is 0 Å². The van der Waals surface area contributed by atoms with Crippen molar-refractivity contribution in [2.75, 3.05) is 18.6 Å². The first kappa shape index (κ1) is 15.8. The first-order valence-electron chi connectivity index (χ1n) is 7.09. The fourth-order valence-electron chi connectivity index (χ4n) is 2.53. The lowest BCUT2D eigenvalue weighted by atomic mass is 10.2. The van der Waals surface area contributed by atoms with Crippen LogP contribution in [0.25, 0.3) is 0 Å².